The molecule has 4 rings (SSSR count). The van der Waals surface area contributed by atoms with E-state index in [1.54, 1.807) is 24.0 Å². The number of thiophene rings is 1. The lowest BCUT2D eigenvalue weighted by Gasteiger charge is -2.22. The van der Waals surface area contributed by atoms with Crippen molar-refractivity contribution in [3.8, 4) is 0 Å². The number of carbonyl (C=O) groups is 4. The number of hydrogen-bond donors (Lipinski definition) is 3. The van der Waals surface area contributed by atoms with Crippen molar-refractivity contribution in [2.45, 2.75) is 49.6 Å². The van der Waals surface area contributed by atoms with E-state index in [1.807, 2.05) is 0 Å². The van der Waals surface area contributed by atoms with E-state index in [4.69, 9.17) is 16.3 Å². The maximum atomic E-state index is 13.4. The summed E-state index contributed by atoms with van der Waals surface area (Å²) in [5.41, 5.74) is 0.836. The number of carbonyl (C=O) groups excluding carboxylic acids is 4. The predicted octanol–water partition coefficient (Wildman–Crippen LogP) is 1.74. The van der Waals surface area contributed by atoms with Gasteiger partial charge in [0.15, 0.2) is 0 Å². The van der Waals surface area contributed by atoms with Crippen LogP contribution < -0.4 is 20.3 Å². The van der Waals surface area contributed by atoms with Crippen LogP contribution in [0.3, 0.4) is 0 Å². The first kappa shape index (κ1) is 28.0. The number of sulfonamides is 1. The normalized spacial score (nSPS) is 18.4. The second-order valence-corrected chi connectivity index (χ2v) is 12.4. The molecule has 1 aromatic carbocycles. The van der Waals surface area contributed by atoms with Gasteiger partial charge in [0.05, 0.1) is 20.2 Å². The Labute approximate surface area is 228 Å². The second kappa shape index (κ2) is 11.8. The molecule has 3 heterocycles. The highest BCUT2D eigenvalue weighted by Crippen LogP contribution is 2.29. The van der Waals surface area contributed by atoms with Gasteiger partial charge in [0.2, 0.25) is 21.8 Å². The fraction of sp³-hybridized carbons (Fsp3) is 0.417. The van der Waals surface area contributed by atoms with Gasteiger partial charge in [-0.2, -0.15) is 4.72 Å². The molecule has 2 aromatic rings. The average Bonchev–Trinajstić information content (AvgIpc) is 3.61. The van der Waals surface area contributed by atoms with Crippen molar-refractivity contribution in [2.24, 2.45) is 0 Å². The molecule has 3 amide bonds. The molecule has 0 aliphatic carbocycles. The zero-order chi connectivity index (χ0) is 27.4. The molecule has 204 valence electrons. The third kappa shape index (κ3) is 6.52. The van der Waals surface area contributed by atoms with Gasteiger partial charge in [0, 0.05) is 31.6 Å². The van der Waals surface area contributed by atoms with Gasteiger partial charge in [0.1, 0.15) is 12.6 Å². The Morgan fingerprint density at radius 2 is 2.03 bits per heavy atom. The van der Waals surface area contributed by atoms with Crippen LogP contribution in [-0.4, -0.2) is 63.9 Å². The quantitative estimate of drug-likeness (QED) is 0.361. The molecule has 0 unspecified atom stereocenters. The minimum atomic E-state index is -4.29. The van der Waals surface area contributed by atoms with Gasteiger partial charge in [0.25, 0.3) is 5.91 Å². The summed E-state index contributed by atoms with van der Waals surface area (Å²) < 4.78 is 34.9. The number of halogens is 1. The van der Waals surface area contributed by atoms with Gasteiger partial charge in [-0.1, -0.05) is 17.7 Å². The van der Waals surface area contributed by atoms with Gasteiger partial charge in [-0.3, -0.25) is 19.2 Å². The van der Waals surface area contributed by atoms with Crippen molar-refractivity contribution in [1.82, 2.24) is 15.4 Å². The molecular weight excluding hydrogens is 556 g/mol. The highest BCUT2D eigenvalue weighted by Gasteiger charge is 2.32. The molecular formula is C24H27ClN4O7S2. The average molecular weight is 583 g/mol. The molecule has 2 saturated heterocycles. The first-order chi connectivity index (χ1) is 18.0. The number of esters is 1. The van der Waals surface area contributed by atoms with Crippen molar-refractivity contribution in [3.63, 3.8) is 0 Å². The standard InChI is InChI=1S/C24H27ClN4O7S2/c1-14-17(29-11-3-6-22(29)31)4-2-5-19(14)38(34,35)28-16(12-26-23(32)18-8-9-20(25)37-18)24(33)36-13-15-7-10-21(30)27-15/h2,4-5,8-9,15-16,28H,3,6-7,10-13H2,1H3,(H,26,32)(H,27,30)/t15-,16+/m1/s1. The Bertz CT molecular complexity index is 1360. The molecule has 2 aliphatic rings. The monoisotopic (exact) mass is 582 g/mol. The SMILES string of the molecule is Cc1c(N2CCCC2=O)cccc1S(=O)(=O)N[C@@H](CNC(=O)c1ccc(Cl)s1)C(=O)OC[C@H]1CCC(=O)N1. The lowest BCUT2D eigenvalue weighted by atomic mass is 10.2. The number of hydrogen-bond acceptors (Lipinski definition) is 8. The van der Waals surface area contributed by atoms with Gasteiger partial charge in [-0.25, -0.2) is 8.42 Å². The summed E-state index contributed by atoms with van der Waals surface area (Å²) in [6.07, 6.45) is 1.86. The molecule has 0 spiro atoms. The molecule has 38 heavy (non-hydrogen) atoms. The molecule has 11 nitrogen and oxygen atoms in total. The maximum absolute atomic E-state index is 13.4. The minimum Gasteiger partial charge on any atom is -0.462 e. The summed E-state index contributed by atoms with van der Waals surface area (Å²) in [4.78, 5) is 50.9. The fourth-order valence-electron chi connectivity index (χ4n) is 4.32. The third-order valence-electron chi connectivity index (χ3n) is 6.27. The van der Waals surface area contributed by atoms with Crippen LogP contribution in [0.15, 0.2) is 35.2 Å². The highest BCUT2D eigenvalue weighted by atomic mass is 35.5. The number of amides is 3. The van der Waals surface area contributed by atoms with Gasteiger partial charge >= 0.3 is 5.97 Å². The van der Waals surface area contributed by atoms with Gasteiger partial charge in [-0.15, -0.1) is 11.3 Å². The minimum absolute atomic E-state index is 0.0903. The van der Waals surface area contributed by atoms with E-state index in [9.17, 15) is 27.6 Å². The first-order valence-electron chi connectivity index (χ1n) is 12.0. The van der Waals surface area contributed by atoms with Crippen molar-refractivity contribution in [2.75, 3.05) is 24.6 Å². The topological polar surface area (TPSA) is 151 Å². The van der Waals surface area contributed by atoms with Crippen molar-refractivity contribution >= 4 is 62.3 Å². The van der Waals surface area contributed by atoms with Crippen LogP contribution in [0, 0.1) is 6.92 Å². The molecule has 1 aromatic heterocycles. The lowest BCUT2D eigenvalue weighted by Crippen LogP contribution is -2.49. The predicted molar refractivity (Wildman–Crippen MR) is 141 cm³/mol. The molecule has 2 fully saturated rings. The van der Waals surface area contributed by atoms with Crippen LogP contribution >= 0.6 is 22.9 Å². The lowest BCUT2D eigenvalue weighted by molar-refractivity contribution is -0.146. The van der Waals surface area contributed by atoms with E-state index in [0.29, 0.717) is 47.8 Å². The van der Waals surface area contributed by atoms with E-state index < -0.39 is 34.5 Å². The summed E-state index contributed by atoms with van der Waals surface area (Å²) >= 11 is 6.92. The highest BCUT2D eigenvalue weighted by molar-refractivity contribution is 7.89. The zero-order valence-electron chi connectivity index (χ0n) is 20.5. The number of nitrogens with zero attached hydrogens (tertiary/aromatic N) is 1. The van der Waals surface area contributed by atoms with E-state index in [2.05, 4.69) is 15.4 Å². The molecule has 2 aliphatic heterocycles. The molecule has 0 saturated carbocycles. The molecule has 2 atom stereocenters. The van der Waals surface area contributed by atoms with Crippen molar-refractivity contribution < 1.29 is 32.3 Å². The van der Waals surface area contributed by atoms with Crippen LogP contribution in [-0.2, 0) is 29.1 Å². The van der Waals surface area contributed by atoms with E-state index in [1.165, 1.54) is 18.2 Å². The first-order valence-corrected chi connectivity index (χ1v) is 14.6. The van der Waals surface area contributed by atoms with Crippen LogP contribution in [0.25, 0.3) is 0 Å². The number of benzene rings is 1. The van der Waals surface area contributed by atoms with Crippen LogP contribution in [0.2, 0.25) is 4.34 Å². The molecule has 3 N–H and O–H groups in total. The molecule has 14 heteroatoms. The summed E-state index contributed by atoms with van der Waals surface area (Å²) in [5, 5.41) is 5.21. The van der Waals surface area contributed by atoms with Crippen molar-refractivity contribution in [1.29, 1.82) is 0 Å². The second-order valence-electron chi connectivity index (χ2n) is 8.97. The number of rotatable bonds is 10. The van der Waals surface area contributed by atoms with E-state index in [-0.39, 0.29) is 34.2 Å². The smallest absolute Gasteiger partial charge is 0.326 e. The van der Waals surface area contributed by atoms with Crippen LogP contribution in [0.5, 0.6) is 0 Å². The Hall–Kier alpha value is -3.00. The zero-order valence-corrected chi connectivity index (χ0v) is 22.9. The van der Waals surface area contributed by atoms with Crippen LogP contribution in [0.1, 0.15) is 40.9 Å². The van der Waals surface area contributed by atoms with Gasteiger partial charge in [-0.05, 0) is 49.6 Å². The Balaban J connectivity index is 1.52. The fourth-order valence-corrected chi connectivity index (χ4v) is 6.72. The van der Waals surface area contributed by atoms with Gasteiger partial charge < -0.3 is 20.3 Å². The maximum Gasteiger partial charge on any atom is 0.326 e. The summed E-state index contributed by atoms with van der Waals surface area (Å²) in [6, 6.07) is 5.80. The summed E-state index contributed by atoms with van der Waals surface area (Å²) in [5.74, 6) is -1.69. The molecule has 0 bridgehead atoms. The van der Waals surface area contributed by atoms with E-state index >= 15 is 0 Å². The number of anilines is 1. The largest absolute Gasteiger partial charge is 0.462 e. The third-order valence-corrected chi connectivity index (χ3v) is 9.11. The molecule has 0 radical (unpaired) electrons. The van der Waals surface area contributed by atoms with E-state index in [0.717, 1.165) is 11.3 Å². The Morgan fingerprint density at radius 3 is 2.66 bits per heavy atom. The van der Waals surface area contributed by atoms with Crippen molar-refractivity contribution in [3.05, 3.63) is 45.1 Å². The number of ether oxygens (including phenoxy) is 1. The summed E-state index contributed by atoms with van der Waals surface area (Å²) in [6.45, 7) is 1.55. The Morgan fingerprint density at radius 1 is 1.24 bits per heavy atom. The summed E-state index contributed by atoms with van der Waals surface area (Å²) in [7, 11) is -4.29. The number of nitrogens with one attached hydrogen (secondary N) is 3. The Kier molecular flexibility index (Phi) is 8.71. The van der Waals surface area contributed by atoms with Crippen LogP contribution in [0.4, 0.5) is 5.69 Å².